The number of sulfonamides is 1. The molecule has 3 atom stereocenters. The van der Waals surface area contributed by atoms with Gasteiger partial charge in [0.1, 0.15) is 5.60 Å². The van der Waals surface area contributed by atoms with Gasteiger partial charge in [-0.2, -0.15) is 0 Å². The molecule has 0 radical (unpaired) electrons. The van der Waals surface area contributed by atoms with Gasteiger partial charge in [-0.25, -0.2) is 13.2 Å². The predicted octanol–water partition coefficient (Wildman–Crippen LogP) is 2.32. The van der Waals surface area contributed by atoms with Crippen molar-refractivity contribution in [3.63, 3.8) is 0 Å². The van der Waals surface area contributed by atoms with Crippen molar-refractivity contribution >= 4 is 27.9 Å². The van der Waals surface area contributed by atoms with E-state index >= 15 is 0 Å². The SMILES string of the molecule is CO[C@H]([C@@H](C)C(=O)NS(=O)(=O)Cc1ccc(CNC(C)=O)cc1)[C@@H]1CCCN1C(=O)OC(C)(C)C. The lowest BCUT2D eigenvalue weighted by Gasteiger charge is -2.34. The summed E-state index contributed by atoms with van der Waals surface area (Å²) in [5.74, 6) is -2.07. The fourth-order valence-corrected chi connectivity index (χ4v) is 5.20. The van der Waals surface area contributed by atoms with Gasteiger partial charge in [0, 0.05) is 27.1 Å². The highest BCUT2D eigenvalue weighted by atomic mass is 32.2. The number of benzene rings is 1. The quantitative estimate of drug-likeness (QED) is 0.520. The van der Waals surface area contributed by atoms with Gasteiger partial charge in [-0.1, -0.05) is 31.2 Å². The number of carbonyl (C=O) groups excluding carboxylic acids is 3. The number of nitrogens with one attached hydrogen (secondary N) is 2. The van der Waals surface area contributed by atoms with Crippen molar-refractivity contribution in [2.45, 2.75) is 77.5 Å². The van der Waals surface area contributed by atoms with Gasteiger partial charge in [0.2, 0.25) is 21.8 Å². The molecule has 1 aromatic carbocycles. The molecule has 3 amide bonds. The van der Waals surface area contributed by atoms with Crippen molar-refractivity contribution in [1.29, 1.82) is 0 Å². The lowest BCUT2D eigenvalue weighted by molar-refractivity contribution is -0.129. The molecule has 1 saturated heterocycles. The maximum absolute atomic E-state index is 12.9. The van der Waals surface area contributed by atoms with Gasteiger partial charge < -0.3 is 19.7 Å². The number of carbonyl (C=O) groups is 3. The van der Waals surface area contributed by atoms with E-state index in [1.54, 1.807) is 56.9 Å². The number of amides is 3. The zero-order valence-electron chi connectivity index (χ0n) is 21.3. The van der Waals surface area contributed by atoms with E-state index in [4.69, 9.17) is 9.47 Å². The van der Waals surface area contributed by atoms with Crippen LogP contribution in [0.4, 0.5) is 4.79 Å². The molecule has 1 aromatic rings. The summed E-state index contributed by atoms with van der Waals surface area (Å²) in [5.41, 5.74) is 0.666. The normalized spacial score (nSPS) is 18.0. The number of nitrogens with zero attached hydrogens (tertiary/aromatic N) is 1. The fraction of sp³-hybridized carbons (Fsp3) is 0.625. The zero-order chi connectivity index (χ0) is 26.4. The number of rotatable bonds is 9. The Balaban J connectivity index is 2.03. The smallest absolute Gasteiger partial charge is 0.410 e. The van der Waals surface area contributed by atoms with Crippen LogP contribution in [-0.4, -0.2) is 62.6 Å². The van der Waals surface area contributed by atoms with E-state index in [2.05, 4.69) is 10.0 Å². The summed E-state index contributed by atoms with van der Waals surface area (Å²) in [6, 6.07) is 6.31. The highest BCUT2D eigenvalue weighted by Crippen LogP contribution is 2.28. The van der Waals surface area contributed by atoms with E-state index in [-0.39, 0.29) is 11.7 Å². The molecule has 1 heterocycles. The Hall–Kier alpha value is -2.66. The standard InChI is InChI=1S/C24H37N3O7S/c1-16(21(33-6)20-8-7-13-27(20)23(30)34-24(3,4)5)22(29)26-35(31,32)15-19-11-9-18(10-12-19)14-25-17(2)28/h9-12,16,20-21H,7-8,13-15H2,1-6H3,(H,25,28)(H,26,29)/t16-,20+,21-/m1/s1. The highest BCUT2D eigenvalue weighted by molar-refractivity contribution is 7.89. The van der Waals surface area contributed by atoms with Crippen LogP contribution in [0.3, 0.4) is 0 Å². The van der Waals surface area contributed by atoms with Crippen molar-refractivity contribution in [3.8, 4) is 0 Å². The first-order chi connectivity index (χ1) is 16.2. The van der Waals surface area contributed by atoms with Crippen LogP contribution >= 0.6 is 0 Å². The molecule has 2 N–H and O–H groups in total. The van der Waals surface area contributed by atoms with Crippen LogP contribution in [0.2, 0.25) is 0 Å². The molecule has 0 bridgehead atoms. The lowest BCUT2D eigenvalue weighted by atomic mass is 9.95. The van der Waals surface area contributed by atoms with E-state index in [9.17, 15) is 22.8 Å². The van der Waals surface area contributed by atoms with Crippen LogP contribution in [0.5, 0.6) is 0 Å². The Morgan fingerprint density at radius 2 is 1.74 bits per heavy atom. The Bertz CT molecular complexity index is 1000. The lowest BCUT2D eigenvalue weighted by Crippen LogP contribution is -2.51. The van der Waals surface area contributed by atoms with Crippen LogP contribution in [0.25, 0.3) is 0 Å². The molecule has 0 spiro atoms. The Kier molecular flexibility index (Phi) is 9.68. The Morgan fingerprint density at radius 3 is 2.29 bits per heavy atom. The number of hydrogen-bond donors (Lipinski definition) is 2. The second-order valence-electron chi connectivity index (χ2n) is 9.82. The summed E-state index contributed by atoms with van der Waals surface area (Å²) in [5, 5.41) is 2.67. The molecule has 35 heavy (non-hydrogen) atoms. The second-order valence-corrected chi connectivity index (χ2v) is 11.5. The van der Waals surface area contributed by atoms with Gasteiger partial charge in [0.25, 0.3) is 0 Å². The highest BCUT2D eigenvalue weighted by Gasteiger charge is 2.41. The van der Waals surface area contributed by atoms with E-state index in [0.29, 0.717) is 25.1 Å². The number of methoxy groups -OCH3 is 1. The zero-order valence-corrected chi connectivity index (χ0v) is 22.1. The predicted molar refractivity (Wildman–Crippen MR) is 131 cm³/mol. The largest absolute Gasteiger partial charge is 0.444 e. The van der Waals surface area contributed by atoms with Crippen molar-refractivity contribution in [1.82, 2.24) is 14.9 Å². The summed E-state index contributed by atoms with van der Waals surface area (Å²) in [7, 11) is -2.53. The van der Waals surface area contributed by atoms with Gasteiger partial charge in [-0.3, -0.25) is 14.3 Å². The molecule has 196 valence electrons. The molecule has 0 saturated carbocycles. The van der Waals surface area contributed by atoms with Gasteiger partial charge in [-0.15, -0.1) is 0 Å². The Labute approximate surface area is 207 Å². The first-order valence-electron chi connectivity index (χ1n) is 11.6. The molecule has 0 aromatic heterocycles. The number of hydrogen-bond acceptors (Lipinski definition) is 7. The minimum atomic E-state index is -3.97. The minimum absolute atomic E-state index is 0.158. The fourth-order valence-electron chi connectivity index (χ4n) is 4.01. The minimum Gasteiger partial charge on any atom is -0.444 e. The molecular formula is C24H37N3O7S. The third kappa shape index (κ3) is 8.81. The van der Waals surface area contributed by atoms with Crippen molar-refractivity contribution < 1.29 is 32.3 Å². The van der Waals surface area contributed by atoms with E-state index < -0.39 is 45.7 Å². The molecule has 1 aliphatic heterocycles. The number of likely N-dealkylation sites (tertiary alicyclic amines) is 1. The van der Waals surface area contributed by atoms with Crippen molar-refractivity contribution in [2.75, 3.05) is 13.7 Å². The third-order valence-corrected chi connectivity index (χ3v) is 6.89. The average Bonchev–Trinajstić information content (AvgIpc) is 3.21. The summed E-state index contributed by atoms with van der Waals surface area (Å²) in [6.45, 7) is 9.16. The summed E-state index contributed by atoms with van der Waals surface area (Å²) in [4.78, 5) is 38.1. The first-order valence-corrected chi connectivity index (χ1v) is 13.3. The summed E-state index contributed by atoms with van der Waals surface area (Å²) < 4.78 is 38.5. The summed E-state index contributed by atoms with van der Waals surface area (Å²) >= 11 is 0. The number of ether oxygens (including phenoxy) is 2. The van der Waals surface area contributed by atoms with E-state index in [1.807, 2.05) is 0 Å². The van der Waals surface area contributed by atoms with Gasteiger partial charge >= 0.3 is 6.09 Å². The average molecular weight is 512 g/mol. The second kappa shape index (κ2) is 11.9. The maximum atomic E-state index is 12.9. The van der Waals surface area contributed by atoms with Crippen LogP contribution in [-0.2, 0) is 41.4 Å². The topological polar surface area (TPSA) is 131 Å². The molecule has 10 nitrogen and oxygen atoms in total. The van der Waals surface area contributed by atoms with Crippen molar-refractivity contribution in [2.24, 2.45) is 5.92 Å². The van der Waals surface area contributed by atoms with Crippen molar-refractivity contribution in [3.05, 3.63) is 35.4 Å². The summed E-state index contributed by atoms with van der Waals surface area (Å²) in [6.07, 6.45) is 0.166. The Morgan fingerprint density at radius 1 is 1.14 bits per heavy atom. The molecule has 11 heteroatoms. The van der Waals surface area contributed by atoms with Crippen LogP contribution in [0.1, 0.15) is 58.6 Å². The molecule has 0 unspecified atom stereocenters. The first kappa shape index (κ1) is 28.6. The molecule has 0 aliphatic carbocycles. The monoisotopic (exact) mass is 511 g/mol. The molecule has 2 rings (SSSR count). The maximum Gasteiger partial charge on any atom is 0.410 e. The van der Waals surface area contributed by atoms with Gasteiger partial charge in [-0.05, 0) is 44.7 Å². The molecular weight excluding hydrogens is 474 g/mol. The van der Waals surface area contributed by atoms with Gasteiger partial charge in [0.15, 0.2) is 0 Å². The molecule has 1 aliphatic rings. The van der Waals surface area contributed by atoms with Gasteiger partial charge in [0.05, 0.1) is 23.8 Å². The van der Waals surface area contributed by atoms with E-state index in [0.717, 1.165) is 12.0 Å². The third-order valence-electron chi connectivity index (χ3n) is 5.66. The van der Waals surface area contributed by atoms with Crippen LogP contribution in [0, 0.1) is 5.92 Å². The van der Waals surface area contributed by atoms with E-state index in [1.165, 1.54) is 14.0 Å². The van der Waals surface area contributed by atoms with Crippen LogP contribution in [0.15, 0.2) is 24.3 Å². The molecule has 1 fully saturated rings. The van der Waals surface area contributed by atoms with Crippen LogP contribution < -0.4 is 10.0 Å².